The number of quaternary nitrogens is 2. The van der Waals surface area contributed by atoms with Gasteiger partial charge in [0.1, 0.15) is 0 Å². The van der Waals surface area contributed by atoms with Crippen molar-refractivity contribution in [1.29, 1.82) is 0 Å². The highest BCUT2D eigenvalue weighted by molar-refractivity contribution is 6.72. The summed E-state index contributed by atoms with van der Waals surface area (Å²) in [6.07, 6.45) is 7.96. The molecule has 0 amide bonds. The Morgan fingerprint density at radius 3 is 1.22 bits per heavy atom. The van der Waals surface area contributed by atoms with Gasteiger partial charge in [-0.05, 0) is 61.8 Å². The molecular weight excluding hydrogens is 436 g/mol. The Morgan fingerprint density at radius 1 is 0.656 bits per heavy atom. The largest absolute Gasteiger partial charge is 0.395 e. The minimum Gasteiger partial charge on any atom is -0.395 e. The predicted octanol–water partition coefficient (Wildman–Crippen LogP) is 1.28. The van der Waals surface area contributed by atoms with Crippen LogP contribution in [0.1, 0.15) is 38.5 Å². The van der Waals surface area contributed by atoms with Crippen molar-refractivity contribution in [3.8, 4) is 0 Å². The Balaban J connectivity index is 1.62. The molecule has 0 radical (unpaired) electrons. The molecule has 2 aliphatic heterocycles. The standard InChI is InChI=1S/C24H48N2O4Si2/c1-7-31(27-3,28-4)21-9-15-25-17-11-23(12-18-25)24-13-19-26(20-14-24)16-10-22-32(8-2,29-5)30-6/h7-8,23-24H,1-2,9-22H2,3-6H3/p+2. The lowest BCUT2D eigenvalue weighted by atomic mass is 9.79. The average Bonchev–Trinajstić information content (AvgIpc) is 2.86. The molecule has 2 rings (SSSR count). The summed E-state index contributed by atoms with van der Waals surface area (Å²) in [5.74, 6) is 1.89. The number of hydrogen-bond donors (Lipinski definition) is 2. The summed E-state index contributed by atoms with van der Waals surface area (Å²) in [5.41, 5.74) is 3.85. The second-order valence-corrected chi connectivity index (χ2v) is 16.4. The monoisotopic (exact) mass is 486 g/mol. The van der Waals surface area contributed by atoms with Gasteiger partial charge in [0, 0.05) is 40.5 Å². The first-order valence-corrected chi connectivity index (χ1v) is 16.8. The zero-order valence-electron chi connectivity index (χ0n) is 21.3. The van der Waals surface area contributed by atoms with Crippen LogP contribution in [0.15, 0.2) is 24.6 Å². The molecule has 0 unspecified atom stereocenters. The summed E-state index contributed by atoms with van der Waals surface area (Å²) in [6, 6.07) is 2.03. The SMILES string of the molecule is C=C[Si](CCC[NH+]1CCC(C2CC[NH+](CCC[Si](C=C)(OC)OC)CC2)CC1)(OC)OC. The second-order valence-electron chi connectivity index (χ2n) is 9.73. The van der Waals surface area contributed by atoms with E-state index in [-0.39, 0.29) is 0 Å². The van der Waals surface area contributed by atoms with Crippen LogP contribution < -0.4 is 9.80 Å². The van der Waals surface area contributed by atoms with Crippen molar-refractivity contribution in [1.82, 2.24) is 0 Å². The minimum atomic E-state index is -2.14. The number of likely N-dealkylation sites (tertiary alicyclic amines) is 2. The molecule has 0 atom stereocenters. The molecule has 2 N–H and O–H groups in total. The molecule has 0 spiro atoms. The van der Waals surface area contributed by atoms with Gasteiger partial charge >= 0.3 is 17.1 Å². The van der Waals surface area contributed by atoms with Crippen molar-refractivity contribution >= 4 is 17.1 Å². The van der Waals surface area contributed by atoms with Crippen molar-refractivity contribution in [2.75, 3.05) is 67.7 Å². The third-order valence-electron chi connectivity index (χ3n) is 8.26. The van der Waals surface area contributed by atoms with Crippen LogP contribution in [-0.2, 0) is 17.7 Å². The van der Waals surface area contributed by atoms with E-state index < -0.39 is 17.1 Å². The van der Waals surface area contributed by atoms with Crippen LogP contribution in [0.25, 0.3) is 0 Å². The van der Waals surface area contributed by atoms with Crippen molar-refractivity contribution in [3.63, 3.8) is 0 Å². The van der Waals surface area contributed by atoms with E-state index in [2.05, 4.69) is 13.2 Å². The zero-order valence-corrected chi connectivity index (χ0v) is 23.3. The molecule has 0 aromatic heterocycles. The number of nitrogens with one attached hydrogen (secondary N) is 2. The van der Waals surface area contributed by atoms with Gasteiger partial charge in [-0.3, -0.25) is 0 Å². The lowest BCUT2D eigenvalue weighted by molar-refractivity contribution is -0.910. The third-order valence-corrected chi connectivity index (χ3v) is 14.4. The van der Waals surface area contributed by atoms with E-state index in [1.807, 2.05) is 11.4 Å². The Morgan fingerprint density at radius 2 is 0.969 bits per heavy atom. The summed E-state index contributed by atoms with van der Waals surface area (Å²) in [6.45, 7) is 15.7. The maximum atomic E-state index is 5.66. The van der Waals surface area contributed by atoms with Gasteiger partial charge in [0.15, 0.2) is 0 Å². The molecule has 0 saturated carbocycles. The van der Waals surface area contributed by atoms with E-state index in [1.54, 1.807) is 38.2 Å². The highest BCUT2D eigenvalue weighted by atomic mass is 28.4. The van der Waals surface area contributed by atoms with Crippen LogP contribution >= 0.6 is 0 Å². The Bertz CT molecular complexity index is 494. The van der Waals surface area contributed by atoms with Gasteiger partial charge in [0.25, 0.3) is 0 Å². The van der Waals surface area contributed by atoms with Gasteiger partial charge in [-0.15, -0.1) is 13.2 Å². The van der Waals surface area contributed by atoms with E-state index in [1.165, 1.54) is 77.8 Å². The van der Waals surface area contributed by atoms with E-state index >= 15 is 0 Å². The predicted molar refractivity (Wildman–Crippen MR) is 135 cm³/mol. The molecule has 2 aliphatic rings. The summed E-state index contributed by atoms with van der Waals surface area (Å²) < 4.78 is 22.6. The first kappa shape index (κ1) is 27.9. The summed E-state index contributed by atoms with van der Waals surface area (Å²) in [5, 5.41) is 0. The van der Waals surface area contributed by atoms with Crippen LogP contribution in [0.2, 0.25) is 12.1 Å². The summed E-state index contributed by atoms with van der Waals surface area (Å²) in [4.78, 5) is 3.55. The molecule has 0 aliphatic carbocycles. The lowest BCUT2D eigenvalue weighted by Crippen LogP contribution is -3.13. The van der Waals surface area contributed by atoms with E-state index in [4.69, 9.17) is 17.7 Å². The van der Waals surface area contributed by atoms with Crippen LogP contribution in [0.4, 0.5) is 0 Å². The molecule has 8 heteroatoms. The quantitative estimate of drug-likeness (QED) is 0.342. The van der Waals surface area contributed by atoms with Gasteiger partial charge in [0.05, 0.1) is 39.3 Å². The fourth-order valence-electron chi connectivity index (χ4n) is 5.82. The molecule has 0 aromatic carbocycles. The van der Waals surface area contributed by atoms with Crippen LogP contribution in [0.5, 0.6) is 0 Å². The molecular formula is C24H50N2O4Si2+2. The van der Waals surface area contributed by atoms with E-state index in [0.717, 1.165) is 23.9 Å². The molecule has 0 aromatic rings. The Hall–Kier alpha value is -0.326. The molecule has 186 valence electrons. The van der Waals surface area contributed by atoms with E-state index in [9.17, 15) is 0 Å². The minimum absolute atomic E-state index is 0.947. The van der Waals surface area contributed by atoms with Gasteiger partial charge in [-0.25, -0.2) is 0 Å². The number of piperidine rings is 2. The average molecular weight is 487 g/mol. The summed E-state index contributed by atoms with van der Waals surface area (Å²) in [7, 11) is 2.76. The first-order valence-electron chi connectivity index (χ1n) is 12.6. The van der Waals surface area contributed by atoms with Gasteiger partial charge < -0.3 is 27.5 Å². The smallest absolute Gasteiger partial charge is 0.364 e. The fourth-order valence-corrected chi connectivity index (χ4v) is 9.39. The van der Waals surface area contributed by atoms with Crippen molar-refractivity contribution in [2.45, 2.75) is 50.6 Å². The van der Waals surface area contributed by atoms with Gasteiger partial charge in [-0.2, -0.15) is 0 Å². The topological polar surface area (TPSA) is 45.8 Å². The van der Waals surface area contributed by atoms with Crippen LogP contribution in [0, 0.1) is 11.8 Å². The van der Waals surface area contributed by atoms with Crippen molar-refractivity contribution < 1.29 is 27.5 Å². The molecule has 2 heterocycles. The second kappa shape index (κ2) is 14.2. The Kier molecular flexibility index (Phi) is 12.4. The van der Waals surface area contributed by atoms with Gasteiger partial charge in [0.2, 0.25) is 0 Å². The number of rotatable bonds is 15. The molecule has 2 saturated heterocycles. The molecule has 0 bridgehead atoms. The normalized spacial score (nSPS) is 27.2. The zero-order chi connectivity index (χ0) is 23.5. The highest BCUT2D eigenvalue weighted by Gasteiger charge is 2.35. The van der Waals surface area contributed by atoms with Crippen LogP contribution in [-0.4, -0.2) is 84.8 Å². The lowest BCUT2D eigenvalue weighted by Gasteiger charge is -2.37. The maximum absolute atomic E-state index is 5.66. The molecule has 2 fully saturated rings. The fraction of sp³-hybridized carbons (Fsp3) is 0.833. The maximum Gasteiger partial charge on any atom is 0.364 e. The van der Waals surface area contributed by atoms with E-state index in [0.29, 0.717) is 0 Å². The van der Waals surface area contributed by atoms with Crippen molar-refractivity contribution in [3.05, 3.63) is 24.6 Å². The van der Waals surface area contributed by atoms with Gasteiger partial charge in [-0.1, -0.05) is 0 Å². The van der Waals surface area contributed by atoms with Crippen molar-refractivity contribution in [2.24, 2.45) is 11.8 Å². The Labute approximate surface area is 199 Å². The highest BCUT2D eigenvalue weighted by Crippen LogP contribution is 2.27. The van der Waals surface area contributed by atoms with Crippen LogP contribution in [0.3, 0.4) is 0 Å². The molecule has 6 nitrogen and oxygen atoms in total. The third kappa shape index (κ3) is 7.87. The first-order chi connectivity index (χ1) is 15.5. The molecule has 32 heavy (non-hydrogen) atoms. The number of hydrogen-bond acceptors (Lipinski definition) is 4. The summed E-state index contributed by atoms with van der Waals surface area (Å²) >= 11 is 0.